The summed E-state index contributed by atoms with van der Waals surface area (Å²) in [5, 5.41) is 0. The first kappa shape index (κ1) is 8.96. The fourth-order valence-electron chi connectivity index (χ4n) is 0.117. The molecular weight excluding hydrogens is 270 g/mol. The van der Waals surface area contributed by atoms with Crippen LogP contribution in [0.3, 0.4) is 0 Å². The van der Waals surface area contributed by atoms with Gasteiger partial charge in [0.15, 0.2) is 0 Å². The summed E-state index contributed by atoms with van der Waals surface area (Å²) in [5.41, 5.74) is 0. The summed E-state index contributed by atoms with van der Waals surface area (Å²) < 4.78 is 18.6. The van der Waals surface area contributed by atoms with Gasteiger partial charge in [0.25, 0.3) is 0 Å². The van der Waals surface area contributed by atoms with Crippen molar-refractivity contribution in [2.45, 2.75) is 0 Å². The molecule has 5 nitrogen and oxygen atoms in total. The van der Waals surface area contributed by atoms with Gasteiger partial charge in [-0.3, -0.25) is 0 Å². The van der Waals surface area contributed by atoms with E-state index < -0.39 is 54.1 Å². The van der Waals surface area contributed by atoms with Crippen molar-refractivity contribution in [3.8, 4) is 0 Å². The van der Waals surface area contributed by atoms with E-state index in [2.05, 4.69) is 5.63 Å². The van der Waals surface area contributed by atoms with Crippen LogP contribution in [0.15, 0.2) is 0 Å². The molecule has 0 unspecified atom stereocenters. The Kier molecular flexibility index (Phi) is 6.81. The first-order valence-corrected chi connectivity index (χ1v) is 6.44. The molecule has 4 N–H and O–H groups in total. The second kappa shape index (κ2) is 6.08. The van der Waals surface area contributed by atoms with E-state index in [1.54, 1.807) is 0 Å². The zero-order valence-electron chi connectivity index (χ0n) is 3.88. The molecule has 0 fully saturated rings. The number of hydrogen-bond acceptors (Lipinski definition) is 5. The van der Waals surface area contributed by atoms with Gasteiger partial charge in [0.1, 0.15) is 0 Å². The van der Waals surface area contributed by atoms with E-state index in [0.29, 0.717) is 0 Å². The van der Waals surface area contributed by atoms with E-state index in [9.17, 15) is 4.79 Å². The summed E-state index contributed by atoms with van der Waals surface area (Å²) in [5.74, 6) is 0. The molecule has 8 heavy (non-hydrogen) atoms. The van der Waals surface area contributed by atoms with Crippen LogP contribution in [0.5, 0.6) is 0 Å². The second-order valence-electron chi connectivity index (χ2n) is 0.690. The quantitative estimate of drug-likeness (QED) is 0.666. The van der Waals surface area contributed by atoms with Crippen molar-refractivity contribution < 1.29 is 58.4 Å². The molecule has 0 atom stereocenters. The van der Waals surface area contributed by atoms with Gasteiger partial charge in [0.05, 0.1) is 0 Å². The predicted molar refractivity (Wildman–Crippen MR) is 15.9 cm³/mol. The van der Waals surface area contributed by atoms with E-state index in [0.717, 1.165) is 0 Å². The van der Waals surface area contributed by atoms with Gasteiger partial charge >= 0.3 is 71.9 Å². The molecule has 44 valence electrons. The summed E-state index contributed by atoms with van der Waals surface area (Å²) in [6.45, 7) is 0. The number of rotatable bonds is 2. The molecule has 0 heterocycles. The van der Waals surface area contributed by atoms with Crippen molar-refractivity contribution >= 4 is 6.16 Å². The number of hydrogen-bond donors (Lipinski definition) is 2. The minimum atomic E-state index is -1.38. The normalized spacial score (nSPS) is 7.25. The van der Waals surface area contributed by atoms with Crippen LogP contribution in [-0.4, -0.2) is 6.16 Å². The topological polar surface area (TPSA) is 87.6 Å². The second-order valence-corrected chi connectivity index (χ2v) is 2.85. The Balaban J connectivity index is 3.06. The van der Waals surface area contributed by atoms with E-state index in [1.165, 1.54) is 0 Å². The molecule has 0 aromatic rings. The Labute approximate surface area is 71.2 Å². The maximum atomic E-state index is 10.1. The Morgan fingerprint density at radius 2 is 1.62 bits per heavy atom. The Hall–Kier alpha value is 0.956. The molecule has 0 saturated heterocycles. The van der Waals surface area contributed by atoms with Crippen LogP contribution in [-0.2, 0) is 53.6 Å². The van der Waals surface area contributed by atoms with Crippen LogP contribution in [0, 0.1) is 0 Å². The average Bonchev–Trinajstić information content (AvgIpc) is 1.68. The Bertz CT molecular complexity index is 69.7. The molecule has 0 aliphatic carbocycles. The summed E-state index contributed by atoms with van der Waals surface area (Å²) in [6.07, 6.45) is -0.687. The standard InChI is InChI=1S/CH2O3.2H2N.2Zr/c2-1(3)4;;;;/h(H2,2,3,4);2*1H2;;/q;2*-1;2*+2/p-2. The minimum absolute atomic E-state index is 0.687. The van der Waals surface area contributed by atoms with Gasteiger partial charge in [-0.25, -0.2) is 0 Å². The van der Waals surface area contributed by atoms with E-state index in [1.807, 2.05) is 0 Å². The van der Waals surface area contributed by atoms with Crippen molar-refractivity contribution in [1.29, 1.82) is 0 Å². The summed E-state index contributed by atoms with van der Waals surface area (Å²) in [4.78, 5) is 10.1. The van der Waals surface area contributed by atoms with Crippen LogP contribution >= 0.6 is 0 Å². The van der Waals surface area contributed by atoms with Gasteiger partial charge in [-0.15, -0.1) is 0 Å². The number of carbonyl (C=O) groups excluding carboxylic acids is 1. The van der Waals surface area contributed by atoms with Crippen LogP contribution < -0.4 is 7.35 Å². The molecule has 0 aliphatic rings. The zero-order chi connectivity index (χ0) is 6.41. The molecule has 7 heteroatoms. The first-order chi connectivity index (χ1) is 3.81. The van der Waals surface area contributed by atoms with Gasteiger partial charge in [-0.05, 0) is 0 Å². The molecule has 0 spiro atoms. The molecule has 0 aromatic carbocycles. The fraction of sp³-hybridized carbons (Fsp3) is 0. The van der Waals surface area contributed by atoms with Crippen molar-refractivity contribution in [3.05, 3.63) is 0 Å². The van der Waals surface area contributed by atoms with Crippen molar-refractivity contribution in [2.75, 3.05) is 0 Å². The van der Waals surface area contributed by atoms with E-state index in [-0.39, 0.29) is 0 Å². The first-order valence-electron chi connectivity index (χ1n) is 1.60. The van der Waals surface area contributed by atoms with Crippen LogP contribution in [0.4, 0.5) is 4.79 Å². The van der Waals surface area contributed by atoms with Gasteiger partial charge in [-0.1, -0.05) is 0 Å². The average molecular weight is 275 g/mol. The van der Waals surface area contributed by atoms with Crippen LogP contribution in [0.25, 0.3) is 0 Å². The Morgan fingerprint density at radius 1 is 1.25 bits per heavy atom. The molecule has 0 saturated carbocycles. The summed E-state index contributed by atoms with van der Waals surface area (Å²) >= 11 is -2.76. The third-order valence-corrected chi connectivity index (χ3v) is 1.68. The number of carbonyl (C=O) groups is 1. The van der Waals surface area contributed by atoms with Gasteiger partial charge in [0, 0.05) is 0 Å². The zero-order valence-corrected chi connectivity index (χ0v) is 8.80. The van der Waals surface area contributed by atoms with Crippen LogP contribution in [0.2, 0.25) is 0 Å². The van der Waals surface area contributed by atoms with Crippen molar-refractivity contribution in [1.82, 2.24) is 0 Å². The fourth-order valence-corrected chi connectivity index (χ4v) is 1.30. The third-order valence-electron chi connectivity index (χ3n) is 0.285. The molecule has 0 rings (SSSR count). The van der Waals surface area contributed by atoms with Gasteiger partial charge < -0.3 is 0 Å². The van der Waals surface area contributed by atoms with Crippen LogP contribution in [0.1, 0.15) is 0 Å². The molecule has 0 bridgehead atoms. The SMILES string of the molecule is [NH2][Zr][O]C(=O)[O][Zr][NH2]. The van der Waals surface area contributed by atoms with E-state index in [4.69, 9.17) is 7.35 Å². The van der Waals surface area contributed by atoms with Crippen molar-refractivity contribution in [3.63, 3.8) is 0 Å². The third kappa shape index (κ3) is 5.10. The molecule has 0 amide bonds. The Morgan fingerprint density at radius 3 is 1.88 bits per heavy atom. The van der Waals surface area contributed by atoms with Gasteiger partial charge in [-0.2, -0.15) is 0 Å². The monoisotopic (exact) mass is 272 g/mol. The van der Waals surface area contributed by atoms with Gasteiger partial charge in [0.2, 0.25) is 0 Å². The molecule has 0 aliphatic heterocycles. The molecular formula is CH4N2O3Zr2. The number of nitrogens with two attached hydrogens (primary N) is 2. The molecule has 0 radical (unpaired) electrons. The maximum absolute atomic E-state index is 10.1. The molecule has 0 aromatic heterocycles. The van der Waals surface area contributed by atoms with E-state index >= 15 is 0 Å². The summed E-state index contributed by atoms with van der Waals surface area (Å²) in [7, 11) is 0. The summed E-state index contributed by atoms with van der Waals surface area (Å²) in [6, 6.07) is 0. The van der Waals surface area contributed by atoms with Crippen molar-refractivity contribution in [2.24, 2.45) is 7.35 Å². The predicted octanol–water partition coefficient (Wildman–Crippen LogP) is -1.12.